The molecule has 0 atom stereocenters. The van der Waals surface area contributed by atoms with E-state index in [-0.39, 0.29) is 18.1 Å². The smallest absolute Gasteiger partial charge is 0.356 e. The average Bonchev–Trinajstić information content (AvgIpc) is 2.87. The average molecular weight is 299 g/mol. The number of carboxylic acid groups (broad SMARTS) is 1. The number of hydrogen-bond donors (Lipinski definition) is 3. The van der Waals surface area contributed by atoms with Crippen molar-refractivity contribution in [3.8, 4) is 11.5 Å². The van der Waals surface area contributed by atoms with Gasteiger partial charge in [0.25, 0.3) is 0 Å². The maximum absolute atomic E-state index is 11.3. The molecule has 7 heteroatoms. The van der Waals surface area contributed by atoms with Crippen LogP contribution in [-0.2, 0) is 6.61 Å². The van der Waals surface area contributed by atoms with E-state index in [1.807, 2.05) is 0 Å². The predicted octanol–water partition coefficient (Wildman–Crippen LogP) is 1.90. The van der Waals surface area contributed by atoms with Gasteiger partial charge in [-0.1, -0.05) is 6.07 Å². The Kier molecular flexibility index (Phi) is 3.30. The van der Waals surface area contributed by atoms with Crippen molar-refractivity contribution in [2.75, 3.05) is 5.73 Å². The molecule has 0 aliphatic heterocycles. The highest BCUT2D eigenvalue weighted by Crippen LogP contribution is 2.20. The Morgan fingerprint density at radius 1 is 1.23 bits per heavy atom. The molecular formula is C15H13N3O4. The van der Waals surface area contributed by atoms with Crippen molar-refractivity contribution < 1.29 is 19.7 Å². The standard InChI is InChI=1S/C15H13N3O4/c16-12-3-1-2-11-14(15(20)21)17-13(18(11)12)8-22-10-6-4-9(19)5-7-10/h1-7,19H,8,16H2,(H,20,21). The fourth-order valence-corrected chi connectivity index (χ4v) is 2.18. The molecule has 0 saturated carbocycles. The number of carboxylic acids is 1. The lowest BCUT2D eigenvalue weighted by molar-refractivity contribution is 0.0693. The largest absolute Gasteiger partial charge is 0.508 e. The number of aromatic carboxylic acids is 1. The number of pyridine rings is 1. The second-order valence-electron chi connectivity index (χ2n) is 4.64. The fourth-order valence-electron chi connectivity index (χ4n) is 2.18. The second kappa shape index (κ2) is 5.28. The minimum Gasteiger partial charge on any atom is -0.508 e. The quantitative estimate of drug-likeness (QED) is 0.678. The molecule has 112 valence electrons. The van der Waals surface area contributed by atoms with E-state index >= 15 is 0 Å². The number of carbonyl (C=O) groups is 1. The van der Waals surface area contributed by atoms with Crippen molar-refractivity contribution in [2.45, 2.75) is 6.61 Å². The van der Waals surface area contributed by atoms with Crippen molar-refractivity contribution >= 4 is 17.3 Å². The first kappa shape index (κ1) is 13.7. The number of hydrogen-bond acceptors (Lipinski definition) is 5. The normalized spacial score (nSPS) is 10.7. The van der Waals surface area contributed by atoms with E-state index in [1.54, 1.807) is 34.7 Å². The van der Waals surface area contributed by atoms with Crippen molar-refractivity contribution in [1.82, 2.24) is 9.38 Å². The molecule has 0 fully saturated rings. The van der Waals surface area contributed by atoms with Crippen LogP contribution in [0.3, 0.4) is 0 Å². The summed E-state index contributed by atoms with van der Waals surface area (Å²) in [5.41, 5.74) is 6.24. The Morgan fingerprint density at radius 2 is 1.95 bits per heavy atom. The minimum absolute atomic E-state index is 0.0490. The lowest BCUT2D eigenvalue weighted by Gasteiger charge is -2.07. The monoisotopic (exact) mass is 299 g/mol. The lowest BCUT2D eigenvalue weighted by atomic mass is 10.3. The van der Waals surface area contributed by atoms with Crippen LogP contribution in [0, 0.1) is 0 Å². The summed E-state index contributed by atoms with van der Waals surface area (Å²) in [6, 6.07) is 11.2. The van der Waals surface area contributed by atoms with Gasteiger partial charge in [-0.3, -0.25) is 4.40 Å². The number of nitrogens with two attached hydrogens (primary N) is 1. The Balaban J connectivity index is 1.96. The van der Waals surface area contributed by atoms with E-state index in [9.17, 15) is 15.0 Å². The second-order valence-corrected chi connectivity index (χ2v) is 4.64. The number of nitrogens with zero attached hydrogens (tertiary/aromatic N) is 2. The molecule has 7 nitrogen and oxygen atoms in total. The van der Waals surface area contributed by atoms with Crippen LogP contribution < -0.4 is 10.5 Å². The highest BCUT2D eigenvalue weighted by Gasteiger charge is 2.18. The molecule has 1 aromatic carbocycles. The molecule has 0 radical (unpaired) electrons. The van der Waals surface area contributed by atoms with Crippen LogP contribution in [0.25, 0.3) is 5.52 Å². The number of aromatic nitrogens is 2. The molecule has 0 spiro atoms. The lowest BCUT2D eigenvalue weighted by Crippen LogP contribution is -2.04. The number of phenols is 1. The highest BCUT2D eigenvalue weighted by atomic mass is 16.5. The summed E-state index contributed by atoms with van der Waals surface area (Å²) in [7, 11) is 0. The summed E-state index contributed by atoms with van der Waals surface area (Å²) in [4.78, 5) is 15.4. The van der Waals surface area contributed by atoms with Crippen LogP contribution in [-0.4, -0.2) is 25.6 Å². The van der Waals surface area contributed by atoms with E-state index in [0.29, 0.717) is 22.9 Å². The van der Waals surface area contributed by atoms with Gasteiger partial charge in [0, 0.05) is 0 Å². The SMILES string of the molecule is Nc1cccc2c(C(=O)O)nc(COc3ccc(O)cc3)n12. The molecule has 0 saturated heterocycles. The molecule has 4 N–H and O–H groups in total. The Morgan fingerprint density at radius 3 is 2.64 bits per heavy atom. The van der Waals surface area contributed by atoms with Gasteiger partial charge in [0.15, 0.2) is 11.5 Å². The van der Waals surface area contributed by atoms with Crippen LogP contribution in [0.1, 0.15) is 16.3 Å². The zero-order valence-electron chi connectivity index (χ0n) is 11.4. The van der Waals surface area contributed by atoms with Crippen LogP contribution >= 0.6 is 0 Å². The highest BCUT2D eigenvalue weighted by molar-refractivity contribution is 5.94. The summed E-state index contributed by atoms with van der Waals surface area (Å²) < 4.78 is 7.11. The third-order valence-corrected chi connectivity index (χ3v) is 3.17. The summed E-state index contributed by atoms with van der Waals surface area (Å²) >= 11 is 0. The number of benzene rings is 1. The van der Waals surface area contributed by atoms with Gasteiger partial charge in [-0.15, -0.1) is 0 Å². The molecule has 2 heterocycles. The van der Waals surface area contributed by atoms with Gasteiger partial charge in [-0.2, -0.15) is 0 Å². The number of rotatable bonds is 4. The molecular weight excluding hydrogens is 286 g/mol. The first-order valence-electron chi connectivity index (χ1n) is 6.47. The number of phenolic OH excluding ortho intramolecular Hbond substituents is 1. The molecule has 3 rings (SSSR count). The summed E-state index contributed by atoms with van der Waals surface area (Å²) in [6.45, 7) is 0.0490. The zero-order chi connectivity index (χ0) is 15.7. The number of nitrogen functional groups attached to an aromatic ring is 1. The van der Waals surface area contributed by atoms with Crippen molar-refractivity contribution in [3.63, 3.8) is 0 Å². The molecule has 0 bridgehead atoms. The van der Waals surface area contributed by atoms with Crippen molar-refractivity contribution in [1.29, 1.82) is 0 Å². The molecule has 3 aromatic rings. The third-order valence-electron chi connectivity index (χ3n) is 3.17. The van der Waals surface area contributed by atoms with Gasteiger partial charge >= 0.3 is 5.97 Å². The Hall–Kier alpha value is -3.22. The number of aromatic hydroxyl groups is 1. The van der Waals surface area contributed by atoms with E-state index < -0.39 is 5.97 Å². The molecule has 0 unspecified atom stereocenters. The van der Waals surface area contributed by atoms with Crippen LogP contribution in [0.4, 0.5) is 5.82 Å². The number of imidazole rings is 1. The molecule has 0 aliphatic rings. The van der Waals surface area contributed by atoms with Crippen LogP contribution in [0.15, 0.2) is 42.5 Å². The molecule has 0 amide bonds. The van der Waals surface area contributed by atoms with Gasteiger partial charge in [-0.05, 0) is 36.4 Å². The maximum Gasteiger partial charge on any atom is 0.356 e. The number of ether oxygens (including phenoxy) is 1. The van der Waals surface area contributed by atoms with E-state index in [0.717, 1.165) is 0 Å². The first-order valence-corrected chi connectivity index (χ1v) is 6.47. The van der Waals surface area contributed by atoms with Gasteiger partial charge in [0.1, 0.15) is 23.9 Å². The predicted molar refractivity (Wildman–Crippen MR) is 79.0 cm³/mol. The van der Waals surface area contributed by atoms with Crippen molar-refractivity contribution in [3.05, 3.63) is 54.0 Å². The Labute approximate surface area is 125 Å². The van der Waals surface area contributed by atoms with Gasteiger partial charge < -0.3 is 20.7 Å². The minimum atomic E-state index is -1.13. The van der Waals surface area contributed by atoms with Crippen molar-refractivity contribution in [2.24, 2.45) is 0 Å². The third kappa shape index (κ3) is 2.39. The first-order chi connectivity index (χ1) is 10.6. The molecule has 22 heavy (non-hydrogen) atoms. The van der Waals surface area contributed by atoms with E-state index in [4.69, 9.17) is 10.5 Å². The number of anilines is 1. The fraction of sp³-hybridized carbons (Fsp3) is 0.0667. The molecule has 0 aliphatic carbocycles. The number of fused-ring (bicyclic) bond motifs is 1. The van der Waals surface area contributed by atoms with Gasteiger partial charge in [0.2, 0.25) is 0 Å². The summed E-state index contributed by atoms with van der Waals surface area (Å²) in [5.74, 6) is 0.302. The van der Waals surface area contributed by atoms with Crippen LogP contribution in [0.2, 0.25) is 0 Å². The van der Waals surface area contributed by atoms with Crippen LogP contribution in [0.5, 0.6) is 11.5 Å². The zero-order valence-corrected chi connectivity index (χ0v) is 11.4. The van der Waals surface area contributed by atoms with E-state index in [1.165, 1.54) is 12.1 Å². The Bertz CT molecular complexity index is 840. The summed E-state index contributed by atoms with van der Waals surface area (Å²) in [6.07, 6.45) is 0. The molecule has 2 aromatic heterocycles. The van der Waals surface area contributed by atoms with E-state index in [2.05, 4.69) is 4.98 Å². The van der Waals surface area contributed by atoms with Gasteiger partial charge in [0.05, 0.1) is 5.52 Å². The maximum atomic E-state index is 11.3. The van der Waals surface area contributed by atoms with Gasteiger partial charge in [-0.25, -0.2) is 9.78 Å². The topological polar surface area (TPSA) is 110 Å². The summed E-state index contributed by atoms with van der Waals surface area (Å²) in [5, 5.41) is 18.4.